The van der Waals surface area contributed by atoms with E-state index in [-0.39, 0.29) is 23.3 Å². The number of nitriles is 1. The van der Waals surface area contributed by atoms with Crippen LogP contribution in [0.4, 0.5) is 0 Å². The summed E-state index contributed by atoms with van der Waals surface area (Å²) in [6, 6.07) is 7.28. The molecule has 0 saturated carbocycles. The van der Waals surface area contributed by atoms with Crippen molar-refractivity contribution in [3.63, 3.8) is 0 Å². The van der Waals surface area contributed by atoms with E-state index in [2.05, 4.69) is 9.71 Å². The summed E-state index contributed by atoms with van der Waals surface area (Å²) in [5, 5.41) is 11.0. The quantitative estimate of drug-likeness (QED) is 0.797. The number of sulfonamides is 1. The maximum absolute atomic E-state index is 12.0. The van der Waals surface area contributed by atoms with Gasteiger partial charge in [-0.25, -0.2) is 0 Å². The van der Waals surface area contributed by atoms with Gasteiger partial charge in [0.25, 0.3) is 10.0 Å². The van der Waals surface area contributed by atoms with Crippen molar-refractivity contribution in [2.75, 3.05) is 13.6 Å². The van der Waals surface area contributed by atoms with Gasteiger partial charge in [-0.05, 0) is 24.3 Å². The lowest BCUT2D eigenvalue weighted by molar-refractivity contribution is -0.118. The minimum Gasteiger partial charge on any atom is -0.335 e. The molecule has 1 N–H and O–H groups in total. The second kappa shape index (κ2) is 4.70. The number of likely N-dealkylation sites (N-methyl/N-ethyl adjacent to an activating group) is 1. The van der Waals surface area contributed by atoms with Gasteiger partial charge in [0.15, 0.2) is 0 Å². The van der Waals surface area contributed by atoms with Crippen LogP contribution in [0.2, 0.25) is 0 Å². The third-order valence-electron chi connectivity index (χ3n) is 2.48. The highest BCUT2D eigenvalue weighted by atomic mass is 32.2. The number of nitrogens with zero attached hydrogens (tertiary/aromatic N) is 3. The molecule has 0 aromatic heterocycles. The van der Waals surface area contributed by atoms with Gasteiger partial charge in [-0.15, -0.1) is 4.40 Å². The molecule has 1 amide bonds. The van der Waals surface area contributed by atoms with Crippen LogP contribution in [0.25, 0.3) is 0 Å². The Bertz CT molecular complexity index is 686. The molecule has 19 heavy (non-hydrogen) atoms. The smallest absolute Gasteiger partial charge is 0.285 e. The first-order valence-electron chi connectivity index (χ1n) is 5.28. The van der Waals surface area contributed by atoms with E-state index in [1.54, 1.807) is 7.05 Å². The van der Waals surface area contributed by atoms with Crippen molar-refractivity contribution in [3.05, 3.63) is 29.8 Å². The Hall–Kier alpha value is -2.40. The lowest BCUT2D eigenvalue weighted by Gasteiger charge is -2.08. The van der Waals surface area contributed by atoms with Crippen LogP contribution in [0.1, 0.15) is 5.56 Å². The van der Waals surface area contributed by atoms with Crippen LogP contribution in [0, 0.1) is 11.3 Å². The first kappa shape index (κ1) is 13.0. The van der Waals surface area contributed by atoms with Crippen molar-refractivity contribution in [1.82, 2.24) is 10.2 Å². The molecular formula is C11H10N4O3S. The van der Waals surface area contributed by atoms with E-state index in [0.29, 0.717) is 5.56 Å². The number of carbonyl (C=O) groups is 1. The topological polar surface area (TPSA) is 103 Å². The highest BCUT2D eigenvalue weighted by Crippen LogP contribution is 2.14. The average Bonchev–Trinajstić information content (AvgIpc) is 2.67. The minimum absolute atomic E-state index is 0.00522. The van der Waals surface area contributed by atoms with Gasteiger partial charge < -0.3 is 4.90 Å². The zero-order valence-electron chi connectivity index (χ0n) is 9.99. The fourth-order valence-electron chi connectivity index (χ4n) is 1.51. The predicted molar refractivity (Wildman–Crippen MR) is 66.6 cm³/mol. The van der Waals surface area contributed by atoms with Gasteiger partial charge in [-0.1, -0.05) is 0 Å². The van der Waals surface area contributed by atoms with E-state index in [9.17, 15) is 13.2 Å². The van der Waals surface area contributed by atoms with E-state index in [1.807, 2.05) is 6.07 Å². The first-order valence-corrected chi connectivity index (χ1v) is 6.72. The molecule has 98 valence electrons. The van der Waals surface area contributed by atoms with E-state index < -0.39 is 10.0 Å². The SMILES string of the molecule is CN1CC(=O)N/C1=N/S(=O)(=O)c1ccc(C#N)cc1. The van der Waals surface area contributed by atoms with Crippen molar-refractivity contribution in [1.29, 1.82) is 5.26 Å². The summed E-state index contributed by atoms with van der Waals surface area (Å²) in [4.78, 5) is 12.5. The summed E-state index contributed by atoms with van der Waals surface area (Å²) in [6.07, 6.45) is 0. The van der Waals surface area contributed by atoms with E-state index in [1.165, 1.54) is 29.2 Å². The molecule has 8 heteroatoms. The summed E-state index contributed by atoms with van der Waals surface area (Å²) >= 11 is 0. The number of hydrogen-bond donors (Lipinski definition) is 1. The number of amides is 1. The van der Waals surface area contributed by atoms with Crippen molar-refractivity contribution in [2.24, 2.45) is 4.40 Å². The Morgan fingerprint density at radius 3 is 2.47 bits per heavy atom. The van der Waals surface area contributed by atoms with Crippen molar-refractivity contribution >= 4 is 21.9 Å². The van der Waals surface area contributed by atoms with Gasteiger partial charge in [-0.2, -0.15) is 13.7 Å². The number of carbonyl (C=O) groups excluding carboxylic acids is 1. The van der Waals surface area contributed by atoms with Crippen LogP contribution in [0.5, 0.6) is 0 Å². The normalized spacial score (nSPS) is 17.4. The number of rotatable bonds is 2. The third-order valence-corrected chi connectivity index (χ3v) is 3.76. The Kier molecular flexibility index (Phi) is 3.23. The highest BCUT2D eigenvalue weighted by Gasteiger charge is 2.24. The largest absolute Gasteiger partial charge is 0.335 e. The summed E-state index contributed by atoms with van der Waals surface area (Å²) in [5.41, 5.74) is 0.359. The van der Waals surface area contributed by atoms with E-state index >= 15 is 0 Å². The van der Waals surface area contributed by atoms with Gasteiger partial charge >= 0.3 is 0 Å². The van der Waals surface area contributed by atoms with Crippen LogP contribution < -0.4 is 5.32 Å². The fourth-order valence-corrected chi connectivity index (χ4v) is 2.51. The average molecular weight is 278 g/mol. The van der Waals surface area contributed by atoms with Crippen molar-refractivity contribution < 1.29 is 13.2 Å². The van der Waals surface area contributed by atoms with E-state index in [4.69, 9.17) is 5.26 Å². The Labute approximate surface area is 110 Å². The van der Waals surface area contributed by atoms with Gasteiger partial charge in [0, 0.05) is 7.05 Å². The van der Waals surface area contributed by atoms with Crippen molar-refractivity contribution in [2.45, 2.75) is 4.90 Å². The number of hydrogen-bond acceptors (Lipinski definition) is 4. The molecule has 0 radical (unpaired) electrons. The van der Waals surface area contributed by atoms with Crippen LogP contribution in [-0.2, 0) is 14.8 Å². The van der Waals surface area contributed by atoms with Crippen LogP contribution >= 0.6 is 0 Å². The molecule has 2 rings (SSSR count). The summed E-state index contributed by atoms with van der Waals surface area (Å²) in [6.45, 7) is 0.0712. The van der Waals surface area contributed by atoms with Crippen LogP contribution in [-0.4, -0.2) is 38.8 Å². The second-order valence-electron chi connectivity index (χ2n) is 3.93. The molecule has 1 heterocycles. The lowest BCUT2D eigenvalue weighted by atomic mass is 10.2. The number of nitrogens with one attached hydrogen (secondary N) is 1. The lowest BCUT2D eigenvalue weighted by Crippen LogP contribution is -2.28. The minimum atomic E-state index is -3.90. The summed E-state index contributed by atoms with van der Waals surface area (Å²) in [7, 11) is -2.34. The molecular weight excluding hydrogens is 268 g/mol. The Morgan fingerprint density at radius 1 is 1.37 bits per heavy atom. The fraction of sp³-hybridized carbons (Fsp3) is 0.182. The molecule has 0 unspecified atom stereocenters. The maximum atomic E-state index is 12.0. The standard InChI is InChI=1S/C11H10N4O3S/c1-15-7-10(16)13-11(15)14-19(17,18)9-4-2-8(6-12)3-5-9/h2-5H,7H2,1H3,(H,13,14,16). The van der Waals surface area contributed by atoms with Crippen LogP contribution in [0.15, 0.2) is 33.6 Å². The molecule has 0 spiro atoms. The van der Waals surface area contributed by atoms with Gasteiger partial charge in [-0.3, -0.25) is 10.1 Å². The first-order chi connectivity index (χ1) is 8.92. The molecule has 7 nitrogen and oxygen atoms in total. The molecule has 0 bridgehead atoms. The van der Waals surface area contributed by atoms with Crippen LogP contribution in [0.3, 0.4) is 0 Å². The molecule has 1 aromatic rings. The summed E-state index contributed by atoms with van der Waals surface area (Å²) in [5.74, 6) is -0.314. The maximum Gasteiger partial charge on any atom is 0.285 e. The second-order valence-corrected chi connectivity index (χ2v) is 5.53. The zero-order valence-corrected chi connectivity index (χ0v) is 10.8. The van der Waals surface area contributed by atoms with Gasteiger partial charge in [0.05, 0.1) is 23.1 Å². The zero-order chi connectivity index (χ0) is 14.0. The van der Waals surface area contributed by atoms with Crippen molar-refractivity contribution in [3.8, 4) is 6.07 Å². The number of guanidine groups is 1. The van der Waals surface area contributed by atoms with E-state index in [0.717, 1.165) is 0 Å². The number of benzene rings is 1. The monoisotopic (exact) mass is 278 g/mol. The molecule has 1 fully saturated rings. The Morgan fingerprint density at radius 2 is 2.00 bits per heavy atom. The predicted octanol–water partition coefficient (Wildman–Crippen LogP) is -0.335. The molecule has 0 aliphatic carbocycles. The third kappa shape index (κ3) is 2.71. The highest BCUT2D eigenvalue weighted by molar-refractivity contribution is 7.90. The molecule has 1 saturated heterocycles. The molecule has 0 atom stereocenters. The van der Waals surface area contributed by atoms with Gasteiger partial charge in [0.2, 0.25) is 11.9 Å². The molecule has 1 aliphatic heterocycles. The molecule has 1 aromatic carbocycles. The Balaban J connectivity index is 2.35. The summed E-state index contributed by atoms with van der Waals surface area (Å²) < 4.78 is 27.5. The van der Waals surface area contributed by atoms with Gasteiger partial charge in [0.1, 0.15) is 0 Å². The molecule has 1 aliphatic rings.